The quantitative estimate of drug-likeness (QED) is 0.794. The molecule has 0 unspecified atom stereocenters. The lowest BCUT2D eigenvalue weighted by Gasteiger charge is -2.21. The Morgan fingerprint density at radius 2 is 1.53 bits per heavy atom. The van der Waals surface area contributed by atoms with Crippen molar-refractivity contribution in [2.75, 3.05) is 11.4 Å². The lowest BCUT2D eigenvalue weighted by molar-refractivity contribution is 1.10. The molecule has 2 aromatic rings. The van der Waals surface area contributed by atoms with Crippen LogP contribution in [0.25, 0.3) is 0 Å². The highest BCUT2D eigenvalue weighted by Gasteiger charge is 2.07. The van der Waals surface area contributed by atoms with E-state index in [-0.39, 0.29) is 0 Å². The van der Waals surface area contributed by atoms with Gasteiger partial charge in [-0.3, -0.25) is 0 Å². The van der Waals surface area contributed by atoms with Crippen molar-refractivity contribution in [3.8, 4) is 6.07 Å². The maximum atomic E-state index is 8.91. The summed E-state index contributed by atoms with van der Waals surface area (Å²) in [7, 11) is 0. The molecule has 0 aromatic heterocycles. The van der Waals surface area contributed by atoms with Crippen molar-refractivity contribution in [3.63, 3.8) is 0 Å². The first kappa shape index (κ1) is 11.7. The number of hydrogen-bond acceptors (Lipinski definition) is 2. The zero-order valence-electron chi connectivity index (χ0n) is 9.18. The van der Waals surface area contributed by atoms with Crippen LogP contribution >= 0.6 is 15.9 Å². The minimum absolute atomic E-state index is 0.339. The molecule has 2 nitrogen and oxygen atoms in total. The normalized spacial score (nSPS) is 9.65. The van der Waals surface area contributed by atoms with Crippen molar-refractivity contribution in [1.82, 2.24) is 0 Å². The van der Waals surface area contributed by atoms with E-state index in [0.29, 0.717) is 6.54 Å². The van der Waals surface area contributed by atoms with Crippen molar-refractivity contribution in [1.29, 1.82) is 5.26 Å². The second-order valence-electron chi connectivity index (χ2n) is 3.56. The Morgan fingerprint density at radius 3 is 2.12 bits per heavy atom. The monoisotopic (exact) mass is 286 g/mol. The van der Waals surface area contributed by atoms with E-state index in [0.717, 1.165) is 15.8 Å². The fourth-order valence-corrected chi connectivity index (χ4v) is 1.90. The molecule has 17 heavy (non-hydrogen) atoms. The molecular formula is C14H11BrN2. The third-order valence-electron chi connectivity index (χ3n) is 2.43. The Hall–Kier alpha value is -1.79. The summed E-state index contributed by atoms with van der Waals surface area (Å²) in [5.41, 5.74) is 2.04. The van der Waals surface area contributed by atoms with Gasteiger partial charge in [0, 0.05) is 15.8 Å². The van der Waals surface area contributed by atoms with Crippen LogP contribution in [0.2, 0.25) is 0 Å². The van der Waals surface area contributed by atoms with Crippen LogP contribution in [-0.2, 0) is 0 Å². The first-order chi connectivity index (χ1) is 8.31. The summed E-state index contributed by atoms with van der Waals surface area (Å²) < 4.78 is 1.03. The molecule has 0 aliphatic rings. The molecule has 0 amide bonds. The van der Waals surface area contributed by atoms with Gasteiger partial charge < -0.3 is 4.90 Å². The summed E-state index contributed by atoms with van der Waals surface area (Å²) in [6, 6.07) is 20.0. The number of anilines is 2. The second-order valence-corrected chi connectivity index (χ2v) is 4.47. The summed E-state index contributed by atoms with van der Waals surface area (Å²) in [6.45, 7) is 0.339. The molecule has 0 spiro atoms. The molecule has 0 aliphatic carbocycles. The van der Waals surface area contributed by atoms with Crippen LogP contribution in [-0.4, -0.2) is 6.54 Å². The third-order valence-corrected chi connectivity index (χ3v) is 2.96. The molecule has 2 rings (SSSR count). The number of nitriles is 1. The molecule has 0 bridgehead atoms. The van der Waals surface area contributed by atoms with Crippen molar-refractivity contribution in [2.45, 2.75) is 0 Å². The molecule has 0 saturated heterocycles. The van der Waals surface area contributed by atoms with Crippen molar-refractivity contribution in [2.24, 2.45) is 0 Å². The van der Waals surface area contributed by atoms with Gasteiger partial charge in [0.15, 0.2) is 0 Å². The predicted octanol–water partition coefficient (Wildman–Crippen LogP) is 4.11. The fraction of sp³-hybridized carbons (Fsp3) is 0.0714. The van der Waals surface area contributed by atoms with Crippen LogP contribution in [0.4, 0.5) is 11.4 Å². The molecule has 0 N–H and O–H groups in total. The topological polar surface area (TPSA) is 27.0 Å². The molecular weight excluding hydrogens is 276 g/mol. The molecule has 2 aromatic carbocycles. The van der Waals surface area contributed by atoms with Crippen LogP contribution in [0.5, 0.6) is 0 Å². The van der Waals surface area contributed by atoms with Crippen LogP contribution in [0, 0.1) is 11.3 Å². The van der Waals surface area contributed by atoms with E-state index < -0.39 is 0 Å². The Labute approximate surface area is 109 Å². The predicted molar refractivity (Wildman–Crippen MR) is 73.2 cm³/mol. The third kappa shape index (κ3) is 2.86. The minimum atomic E-state index is 0.339. The highest BCUT2D eigenvalue weighted by molar-refractivity contribution is 9.10. The number of nitrogens with zero attached hydrogens (tertiary/aromatic N) is 2. The zero-order valence-corrected chi connectivity index (χ0v) is 10.8. The summed E-state index contributed by atoms with van der Waals surface area (Å²) in [5, 5.41) is 8.91. The molecule has 0 saturated carbocycles. The smallest absolute Gasteiger partial charge is 0.110 e. The van der Waals surface area contributed by atoms with Crippen molar-refractivity contribution in [3.05, 3.63) is 59.1 Å². The van der Waals surface area contributed by atoms with E-state index in [2.05, 4.69) is 22.0 Å². The SMILES string of the molecule is N#CCN(c1ccccc1)c1ccc(Br)cc1. The summed E-state index contributed by atoms with van der Waals surface area (Å²) >= 11 is 3.41. The maximum absolute atomic E-state index is 8.91. The molecule has 0 heterocycles. The van der Waals surface area contributed by atoms with E-state index in [1.54, 1.807) is 0 Å². The van der Waals surface area contributed by atoms with Crippen molar-refractivity contribution < 1.29 is 0 Å². The highest BCUT2D eigenvalue weighted by atomic mass is 79.9. The van der Waals surface area contributed by atoms with Gasteiger partial charge in [0.25, 0.3) is 0 Å². The first-order valence-corrected chi connectivity index (χ1v) is 6.05. The van der Waals surface area contributed by atoms with Gasteiger partial charge in [-0.2, -0.15) is 5.26 Å². The number of halogens is 1. The van der Waals surface area contributed by atoms with Gasteiger partial charge >= 0.3 is 0 Å². The second kappa shape index (κ2) is 5.51. The Bertz CT molecular complexity index is 514. The fourth-order valence-electron chi connectivity index (χ4n) is 1.63. The number of rotatable bonds is 3. The Kier molecular flexibility index (Phi) is 3.79. The van der Waals surface area contributed by atoms with Crippen LogP contribution in [0.3, 0.4) is 0 Å². The Morgan fingerprint density at radius 1 is 0.941 bits per heavy atom. The zero-order chi connectivity index (χ0) is 12.1. The number of hydrogen-bond donors (Lipinski definition) is 0. The molecule has 3 heteroatoms. The van der Waals surface area contributed by atoms with E-state index in [1.165, 1.54) is 0 Å². The Balaban J connectivity index is 2.36. The molecule has 0 aliphatic heterocycles. The van der Waals surface area contributed by atoms with Crippen LogP contribution in [0.15, 0.2) is 59.1 Å². The van der Waals surface area contributed by atoms with E-state index in [1.807, 2.05) is 59.5 Å². The lowest BCUT2D eigenvalue weighted by atomic mass is 10.2. The van der Waals surface area contributed by atoms with E-state index in [9.17, 15) is 0 Å². The van der Waals surface area contributed by atoms with Gasteiger partial charge in [0.2, 0.25) is 0 Å². The molecule has 0 fully saturated rings. The van der Waals surface area contributed by atoms with Crippen LogP contribution < -0.4 is 4.90 Å². The van der Waals surface area contributed by atoms with Gasteiger partial charge in [-0.15, -0.1) is 0 Å². The maximum Gasteiger partial charge on any atom is 0.110 e. The average molecular weight is 287 g/mol. The lowest BCUT2D eigenvalue weighted by Crippen LogP contribution is -2.16. The van der Waals surface area contributed by atoms with E-state index >= 15 is 0 Å². The highest BCUT2D eigenvalue weighted by Crippen LogP contribution is 2.25. The van der Waals surface area contributed by atoms with Crippen LogP contribution in [0.1, 0.15) is 0 Å². The van der Waals surface area contributed by atoms with Gasteiger partial charge in [0.05, 0.1) is 6.07 Å². The standard InChI is InChI=1S/C14H11BrN2/c15-12-6-8-14(9-7-12)17(11-10-16)13-4-2-1-3-5-13/h1-9H,11H2. The minimum Gasteiger partial charge on any atom is -0.328 e. The average Bonchev–Trinajstić information content (AvgIpc) is 2.38. The van der Waals surface area contributed by atoms with Crippen molar-refractivity contribution >= 4 is 27.3 Å². The van der Waals surface area contributed by atoms with Gasteiger partial charge in [-0.1, -0.05) is 34.1 Å². The number of benzene rings is 2. The number of para-hydroxylation sites is 1. The molecule has 0 atom stereocenters. The molecule has 84 valence electrons. The molecule has 0 radical (unpaired) electrons. The summed E-state index contributed by atoms with van der Waals surface area (Å²) in [6.07, 6.45) is 0. The van der Waals surface area contributed by atoms with Gasteiger partial charge in [0.1, 0.15) is 6.54 Å². The largest absolute Gasteiger partial charge is 0.328 e. The van der Waals surface area contributed by atoms with Gasteiger partial charge in [-0.25, -0.2) is 0 Å². The van der Waals surface area contributed by atoms with Gasteiger partial charge in [-0.05, 0) is 36.4 Å². The summed E-state index contributed by atoms with van der Waals surface area (Å²) in [5.74, 6) is 0. The van der Waals surface area contributed by atoms with E-state index in [4.69, 9.17) is 5.26 Å². The summed E-state index contributed by atoms with van der Waals surface area (Å²) in [4.78, 5) is 1.98. The first-order valence-electron chi connectivity index (χ1n) is 5.26.